The van der Waals surface area contributed by atoms with E-state index in [-0.39, 0.29) is 30.4 Å². The summed E-state index contributed by atoms with van der Waals surface area (Å²) in [5.74, 6) is -0.686. The maximum absolute atomic E-state index is 11.8. The largest absolute Gasteiger partial charge is 0.468 e. The monoisotopic (exact) mass is 300 g/mol. The van der Waals surface area contributed by atoms with Gasteiger partial charge in [0.15, 0.2) is 0 Å². The van der Waals surface area contributed by atoms with Crippen LogP contribution in [-0.2, 0) is 23.9 Å². The van der Waals surface area contributed by atoms with Gasteiger partial charge in [0.2, 0.25) is 5.91 Å². The summed E-state index contributed by atoms with van der Waals surface area (Å²) in [7, 11) is 1.36. The summed E-state index contributed by atoms with van der Waals surface area (Å²) in [6.07, 6.45) is 2.45. The molecule has 21 heavy (non-hydrogen) atoms. The molecule has 0 bridgehead atoms. The lowest BCUT2D eigenvalue weighted by Gasteiger charge is -2.21. The number of nitrogens with zero attached hydrogens (tertiary/aromatic N) is 1. The molecular weight excluding hydrogens is 276 g/mol. The maximum Gasteiger partial charge on any atom is 0.323 e. The van der Waals surface area contributed by atoms with Crippen molar-refractivity contribution in [2.45, 2.75) is 38.6 Å². The highest BCUT2D eigenvalue weighted by molar-refractivity contribution is 5.80. The Balaban J connectivity index is 2.21. The molecule has 0 aliphatic carbocycles. The zero-order valence-corrected chi connectivity index (χ0v) is 12.7. The van der Waals surface area contributed by atoms with Gasteiger partial charge in [-0.05, 0) is 32.7 Å². The summed E-state index contributed by atoms with van der Waals surface area (Å²) < 4.78 is 9.53. The van der Waals surface area contributed by atoms with Gasteiger partial charge in [0, 0.05) is 13.0 Å². The second-order valence-corrected chi connectivity index (χ2v) is 4.91. The summed E-state index contributed by atoms with van der Waals surface area (Å²) in [4.78, 5) is 36.3. The van der Waals surface area contributed by atoms with Crippen molar-refractivity contribution in [2.24, 2.45) is 0 Å². The fourth-order valence-electron chi connectivity index (χ4n) is 2.35. The third kappa shape index (κ3) is 6.12. The Kier molecular flexibility index (Phi) is 7.74. The highest BCUT2D eigenvalue weighted by Crippen LogP contribution is 2.17. The van der Waals surface area contributed by atoms with E-state index in [4.69, 9.17) is 9.47 Å². The molecule has 7 nitrogen and oxygen atoms in total. The van der Waals surface area contributed by atoms with Crippen molar-refractivity contribution in [1.82, 2.24) is 10.2 Å². The molecule has 0 aromatic heterocycles. The molecule has 7 heteroatoms. The number of hydrogen-bond acceptors (Lipinski definition) is 6. The minimum Gasteiger partial charge on any atom is -0.468 e. The first-order chi connectivity index (χ1) is 10.1. The minimum absolute atomic E-state index is 0.144. The normalized spacial score (nSPS) is 18.3. The number of hydrogen-bond donors (Lipinski definition) is 1. The highest BCUT2D eigenvalue weighted by atomic mass is 16.5. The lowest BCUT2D eigenvalue weighted by Crippen LogP contribution is -2.43. The summed E-state index contributed by atoms with van der Waals surface area (Å²) in [6, 6.07) is -0.319. The Hall–Kier alpha value is -1.63. The van der Waals surface area contributed by atoms with Crippen LogP contribution in [0.15, 0.2) is 0 Å². The summed E-state index contributed by atoms with van der Waals surface area (Å²) >= 11 is 0. The first kappa shape index (κ1) is 17.4. The van der Waals surface area contributed by atoms with Crippen LogP contribution in [0, 0.1) is 0 Å². The summed E-state index contributed by atoms with van der Waals surface area (Å²) in [5, 5.41) is 2.74. The van der Waals surface area contributed by atoms with Crippen LogP contribution in [0.5, 0.6) is 0 Å². The molecule has 1 atom stereocenters. The van der Waals surface area contributed by atoms with Crippen molar-refractivity contribution in [2.75, 3.05) is 33.4 Å². The molecule has 1 aliphatic rings. The molecule has 0 aromatic carbocycles. The van der Waals surface area contributed by atoms with Crippen molar-refractivity contribution >= 4 is 17.8 Å². The predicted molar refractivity (Wildman–Crippen MR) is 75.5 cm³/mol. The quantitative estimate of drug-likeness (QED) is 0.505. The van der Waals surface area contributed by atoms with Crippen LogP contribution in [0.25, 0.3) is 0 Å². The van der Waals surface area contributed by atoms with Gasteiger partial charge in [0.1, 0.15) is 6.04 Å². The lowest BCUT2D eigenvalue weighted by molar-refractivity contribution is -0.146. The Morgan fingerprint density at radius 3 is 2.76 bits per heavy atom. The smallest absolute Gasteiger partial charge is 0.323 e. The van der Waals surface area contributed by atoms with Gasteiger partial charge in [0.05, 0.1) is 20.3 Å². The number of esters is 2. The van der Waals surface area contributed by atoms with E-state index in [1.165, 1.54) is 7.11 Å². The van der Waals surface area contributed by atoms with Crippen LogP contribution in [0.2, 0.25) is 0 Å². The van der Waals surface area contributed by atoms with E-state index in [2.05, 4.69) is 5.32 Å². The van der Waals surface area contributed by atoms with Gasteiger partial charge < -0.3 is 14.8 Å². The topological polar surface area (TPSA) is 84.9 Å². The average molecular weight is 300 g/mol. The second kappa shape index (κ2) is 9.33. The van der Waals surface area contributed by atoms with Crippen LogP contribution in [-0.4, -0.2) is 62.1 Å². The third-order valence-corrected chi connectivity index (χ3v) is 3.37. The van der Waals surface area contributed by atoms with E-state index < -0.39 is 0 Å². The number of ether oxygens (including phenoxy) is 2. The van der Waals surface area contributed by atoms with Crippen molar-refractivity contribution in [3.8, 4) is 0 Å². The number of carbonyl (C=O) groups excluding carboxylic acids is 3. The SMILES string of the molecule is CCOC(=O)CCCNC(=O)CN1CCCC1C(=O)OC. The van der Waals surface area contributed by atoms with Crippen molar-refractivity contribution in [3.05, 3.63) is 0 Å². The van der Waals surface area contributed by atoms with E-state index in [1.54, 1.807) is 6.92 Å². The minimum atomic E-state index is -0.319. The number of carbonyl (C=O) groups is 3. The van der Waals surface area contributed by atoms with E-state index in [1.807, 2.05) is 4.90 Å². The Morgan fingerprint density at radius 1 is 1.33 bits per heavy atom. The molecule has 1 N–H and O–H groups in total. The lowest BCUT2D eigenvalue weighted by atomic mass is 10.2. The predicted octanol–water partition coefficient (Wildman–Crippen LogP) is 0.0833. The molecule has 0 saturated carbocycles. The molecule has 1 amide bonds. The number of methoxy groups -OCH3 is 1. The van der Waals surface area contributed by atoms with Crippen LogP contribution in [0.1, 0.15) is 32.6 Å². The molecular formula is C14H24N2O5. The molecule has 1 fully saturated rings. The van der Waals surface area contributed by atoms with Gasteiger partial charge >= 0.3 is 11.9 Å². The van der Waals surface area contributed by atoms with E-state index in [0.29, 0.717) is 26.0 Å². The molecule has 120 valence electrons. The maximum atomic E-state index is 11.8. The summed E-state index contributed by atoms with van der Waals surface area (Å²) in [5.41, 5.74) is 0. The van der Waals surface area contributed by atoms with Gasteiger partial charge in [-0.2, -0.15) is 0 Å². The first-order valence-corrected chi connectivity index (χ1v) is 7.32. The zero-order chi connectivity index (χ0) is 15.7. The third-order valence-electron chi connectivity index (χ3n) is 3.37. The molecule has 1 rings (SSSR count). The summed E-state index contributed by atoms with van der Waals surface area (Å²) in [6.45, 7) is 3.45. The fourth-order valence-corrected chi connectivity index (χ4v) is 2.35. The Bertz CT molecular complexity index is 372. The zero-order valence-electron chi connectivity index (χ0n) is 12.7. The standard InChI is InChI=1S/C14H24N2O5/c1-3-21-13(18)7-4-8-15-12(17)10-16-9-5-6-11(16)14(19)20-2/h11H,3-10H2,1-2H3,(H,15,17). The molecule has 1 aliphatic heterocycles. The van der Waals surface area contributed by atoms with Crippen molar-refractivity contribution in [1.29, 1.82) is 0 Å². The number of amides is 1. The second-order valence-electron chi connectivity index (χ2n) is 4.91. The van der Waals surface area contributed by atoms with Crippen molar-refractivity contribution in [3.63, 3.8) is 0 Å². The van der Waals surface area contributed by atoms with Gasteiger partial charge in [0.25, 0.3) is 0 Å². The molecule has 1 saturated heterocycles. The van der Waals surface area contributed by atoms with E-state index in [0.717, 1.165) is 19.4 Å². The molecule has 0 aromatic rings. The fraction of sp³-hybridized carbons (Fsp3) is 0.786. The van der Waals surface area contributed by atoms with Gasteiger partial charge in [-0.3, -0.25) is 19.3 Å². The Morgan fingerprint density at radius 2 is 2.10 bits per heavy atom. The average Bonchev–Trinajstić information content (AvgIpc) is 2.91. The highest BCUT2D eigenvalue weighted by Gasteiger charge is 2.32. The van der Waals surface area contributed by atoms with Gasteiger partial charge in [-0.15, -0.1) is 0 Å². The van der Waals surface area contributed by atoms with Crippen LogP contribution < -0.4 is 5.32 Å². The van der Waals surface area contributed by atoms with Crippen LogP contribution in [0.3, 0.4) is 0 Å². The Labute approximate surface area is 124 Å². The molecule has 0 radical (unpaired) electrons. The molecule has 1 unspecified atom stereocenters. The molecule has 0 spiro atoms. The number of likely N-dealkylation sites (tertiary alicyclic amines) is 1. The first-order valence-electron chi connectivity index (χ1n) is 7.32. The van der Waals surface area contributed by atoms with Crippen LogP contribution in [0.4, 0.5) is 0 Å². The molecule has 1 heterocycles. The van der Waals surface area contributed by atoms with E-state index in [9.17, 15) is 14.4 Å². The number of nitrogens with one attached hydrogen (secondary N) is 1. The van der Waals surface area contributed by atoms with Gasteiger partial charge in [-0.1, -0.05) is 0 Å². The van der Waals surface area contributed by atoms with E-state index >= 15 is 0 Å². The van der Waals surface area contributed by atoms with Crippen LogP contribution >= 0.6 is 0 Å². The van der Waals surface area contributed by atoms with Crippen molar-refractivity contribution < 1.29 is 23.9 Å². The number of rotatable bonds is 8. The van der Waals surface area contributed by atoms with Gasteiger partial charge in [-0.25, -0.2) is 0 Å².